The van der Waals surface area contributed by atoms with Crippen molar-refractivity contribution < 1.29 is 9.53 Å². The number of ether oxygens (including phenoxy) is 1. The lowest BCUT2D eigenvalue weighted by Gasteiger charge is -2.09. The number of hydrogen-bond acceptors (Lipinski definition) is 3. The Balaban J connectivity index is 1.66. The summed E-state index contributed by atoms with van der Waals surface area (Å²) in [5.74, 6) is -0.184. The summed E-state index contributed by atoms with van der Waals surface area (Å²) in [6, 6.07) is 9.10. The minimum absolute atomic E-state index is 0.125. The molecule has 1 aromatic carbocycles. The third-order valence-electron chi connectivity index (χ3n) is 3.49. The Bertz CT molecular complexity index is 635. The van der Waals surface area contributed by atoms with Crippen LogP contribution in [0.4, 0.5) is 0 Å². The van der Waals surface area contributed by atoms with Crippen LogP contribution >= 0.6 is 11.6 Å². The van der Waals surface area contributed by atoms with E-state index >= 15 is 0 Å². The summed E-state index contributed by atoms with van der Waals surface area (Å²) >= 11 is 6.12. The fourth-order valence-corrected chi connectivity index (χ4v) is 2.58. The van der Waals surface area contributed by atoms with Gasteiger partial charge in [0.25, 0.3) is 5.91 Å². The Hall–Kier alpha value is -1.85. The lowest BCUT2D eigenvalue weighted by atomic mass is 10.1. The van der Waals surface area contributed by atoms with E-state index in [1.807, 2.05) is 18.2 Å². The molecule has 1 saturated heterocycles. The molecule has 0 radical (unpaired) electrons. The molecule has 21 heavy (non-hydrogen) atoms. The highest BCUT2D eigenvalue weighted by Gasteiger charge is 2.18. The zero-order valence-corrected chi connectivity index (χ0v) is 12.2. The standard InChI is InChI=1S/C15H16ClN3O2/c16-12-6-2-1-5-11(12)13-8-14(19-18-13)15(20)17-9-10-4-3-7-21-10/h1-2,5-6,8,10H,3-4,7,9H2,(H,17,20)(H,18,19)/t10-/m1/s1. The summed E-state index contributed by atoms with van der Waals surface area (Å²) in [7, 11) is 0. The average molecular weight is 306 g/mol. The first kappa shape index (κ1) is 14.1. The third kappa shape index (κ3) is 3.25. The summed E-state index contributed by atoms with van der Waals surface area (Å²) in [5, 5.41) is 10.4. The Morgan fingerprint density at radius 2 is 2.33 bits per heavy atom. The maximum atomic E-state index is 12.1. The molecule has 1 atom stereocenters. The Kier molecular flexibility index (Phi) is 4.22. The van der Waals surface area contributed by atoms with E-state index in [0.29, 0.717) is 23.0 Å². The summed E-state index contributed by atoms with van der Waals surface area (Å²) < 4.78 is 5.47. The Labute approximate surface area is 127 Å². The first-order valence-electron chi connectivity index (χ1n) is 6.94. The molecule has 0 saturated carbocycles. The fraction of sp³-hybridized carbons (Fsp3) is 0.333. The van der Waals surface area contributed by atoms with Crippen molar-refractivity contribution in [3.63, 3.8) is 0 Å². The van der Waals surface area contributed by atoms with Crippen molar-refractivity contribution in [1.29, 1.82) is 0 Å². The number of carbonyl (C=O) groups excluding carboxylic acids is 1. The second-order valence-electron chi connectivity index (χ2n) is 4.99. The van der Waals surface area contributed by atoms with Crippen molar-refractivity contribution in [2.75, 3.05) is 13.2 Å². The number of amides is 1. The maximum Gasteiger partial charge on any atom is 0.269 e. The second-order valence-corrected chi connectivity index (χ2v) is 5.40. The number of aromatic amines is 1. The molecule has 1 aliphatic heterocycles. The molecule has 2 heterocycles. The van der Waals surface area contributed by atoms with E-state index in [-0.39, 0.29) is 12.0 Å². The van der Waals surface area contributed by atoms with Crippen molar-refractivity contribution >= 4 is 17.5 Å². The highest BCUT2D eigenvalue weighted by Crippen LogP contribution is 2.26. The van der Waals surface area contributed by atoms with E-state index in [4.69, 9.17) is 16.3 Å². The van der Waals surface area contributed by atoms with Crippen LogP contribution in [0.3, 0.4) is 0 Å². The van der Waals surface area contributed by atoms with E-state index in [2.05, 4.69) is 15.5 Å². The number of H-pyrrole nitrogens is 1. The second kappa shape index (κ2) is 6.28. The van der Waals surface area contributed by atoms with Gasteiger partial charge in [-0.3, -0.25) is 9.89 Å². The Morgan fingerprint density at radius 1 is 1.48 bits per heavy atom. The fourth-order valence-electron chi connectivity index (χ4n) is 2.35. The highest BCUT2D eigenvalue weighted by atomic mass is 35.5. The van der Waals surface area contributed by atoms with Gasteiger partial charge in [-0.1, -0.05) is 29.8 Å². The zero-order chi connectivity index (χ0) is 14.7. The number of halogens is 1. The van der Waals surface area contributed by atoms with Gasteiger partial charge in [0.1, 0.15) is 5.69 Å². The first-order chi connectivity index (χ1) is 10.2. The molecule has 1 aliphatic rings. The molecule has 2 N–H and O–H groups in total. The molecule has 1 fully saturated rings. The summed E-state index contributed by atoms with van der Waals surface area (Å²) in [6.45, 7) is 1.31. The number of rotatable bonds is 4. The number of carbonyl (C=O) groups is 1. The molecule has 3 rings (SSSR count). The lowest BCUT2D eigenvalue weighted by Crippen LogP contribution is -2.31. The van der Waals surface area contributed by atoms with Gasteiger partial charge in [0.2, 0.25) is 0 Å². The molecule has 1 amide bonds. The van der Waals surface area contributed by atoms with Crippen molar-refractivity contribution in [3.8, 4) is 11.3 Å². The molecule has 2 aromatic rings. The largest absolute Gasteiger partial charge is 0.376 e. The SMILES string of the molecule is O=C(NC[C@H]1CCCO1)c1cc(-c2ccccc2Cl)n[nH]1. The normalized spacial score (nSPS) is 17.9. The van der Waals surface area contributed by atoms with Crippen LogP contribution in [0.1, 0.15) is 23.3 Å². The Morgan fingerprint density at radius 3 is 3.10 bits per heavy atom. The van der Waals surface area contributed by atoms with Gasteiger partial charge in [0, 0.05) is 18.7 Å². The highest BCUT2D eigenvalue weighted by molar-refractivity contribution is 6.33. The van der Waals surface area contributed by atoms with Gasteiger partial charge in [-0.25, -0.2) is 0 Å². The van der Waals surface area contributed by atoms with Gasteiger partial charge >= 0.3 is 0 Å². The number of nitrogens with one attached hydrogen (secondary N) is 2. The van der Waals surface area contributed by atoms with Crippen LogP contribution in [-0.2, 0) is 4.74 Å². The van der Waals surface area contributed by atoms with Crippen LogP contribution < -0.4 is 5.32 Å². The first-order valence-corrected chi connectivity index (χ1v) is 7.32. The van der Waals surface area contributed by atoms with Crippen LogP contribution in [0.5, 0.6) is 0 Å². The molecular weight excluding hydrogens is 290 g/mol. The topological polar surface area (TPSA) is 67.0 Å². The number of hydrogen-bond donors (Lipinski definition) is 2. The molecule has 6 heteroatoms. The van der Waals surface area contributed by atoms with Crippen LogP contribution in [-0.4, -0.2) is 35.4 Å². The van der Waals surface area contributed by atoms with E-state index in [0.717, 1.165) is 25.0 Å². The van der Waals surface area contributed by atoms with Gasteiger partial charge in [-0.2, -0.15) is 5.10 Å². The molecule has 110 valence electrons. The molecule has 0 aliphatic carbocycles. The van der Waals surface area contributed by atoms with Crippen molar-refractivity contribution in [2.45, 2.75) is 18.9 Å². The predicted molar refractivity (Wildman–Crippen MR) is 80.3 cm³/mol. The number of benzene rings is 1. The van der Waals surface area contributed by atoms with E-state index in [1.54, 1.807) is 12.1 Å². The minimum atomic E-state index is -0.184. The van der Waals surface area contributed by atoms with Crippen molar-refractivity contribution in [1.82, 2.24) is 15.5 Å². The van der Waals surface area contributed by atoms with Gasteiger partial charge in [-0.05, 0) is 25.0 Å². The van der Waals surface area contributed by atoms with E-state index in [9.17, 15) is 4.79 Å². The van der Waals surface area contributed by atoms with Crippen LogP contribution in [0.15, 0.2) is 30.3 Å². The van der Waals surface area contributed by atoms with E-state index < -0.39 is 0 Å². The predicted octanol–water partition coefficient (Wildman–Crippen LogP) is 2.64. The van der Waals surface area contributed by atoms with Gasteiger partial charge < -0.3 is 10.1 Å². The van der Waals surface area contributed by atoms with Crippen molar-refractivity contribution in [3.05, 3.63) is 41.0 Å². The molecular formula is C15H16ClN3O2. The monoisotopic (exact) mass is 305 g/mol. The molecule has 5 nitrogen and oxygen atoms in total. The maximum absolute atomic E-state index is 12.1. The van der Waals surface area contributed by atoms with Gasteiger partial charge in [0.05, 0.1) is 16.8 Å². The van der Waals surface area contributed by atoms with Crippen LogP contribution in [0, 0.1) is 0 Å². The number of nitrogens with zero attached hydrogens (tertiary/aromatic N) is 1. The summed E-state index contributed by atoms with van der Waals surface area (Å²) in [5.41, 5.74) is 1.87. The third-order valence-corrected chi connectivity index (χ3v) is 3.82. The van der Waals surface area contributed by atoms with E-state index in [1.165, 1.54) is 0 Å². The smallest absolute Gasteiger partial charge is 0.269 e. The van der Waals surface area contributed by atoms with Gasteiger partial charge in [0.15, 0.2) is 0 Å². The molecule has 0 spiro atoms. The van der Waals surface area contributed by atoms with Gasteiger partial charge in [-0.15, -0.1) is 0 Å². The lowest BCUT2D eigenvalue weighted by molar-refractivity contribution is 0.0853. The number of aromatic nitrogens is 2. The summed E-state index contributed by atoms with van der Waals surface area (Å²) in [4.78, 5) is 12.1. The molecule has 1 aromatic heterocycles. The summed E-state index contributed by atoms with van der Waals surface area (Å²) in [6.07, 6.45) is 2.18. The molecule has 0 unspecified atom stereocenters. The zero-order valence-electron chi connectivity index (χ0n) is 11.4. The minimum Gasteiger partial charge on any atom is -0.376 e. The average Bonchev–Trinajstić information content (AvgIpc) is 3.17. The van der Waals surface area contributed by atoms with Crippen LogP contribution in [0.25, 0.3) is 11.3 Å². The molecule has 0 bridgehead atoms. The van der Waals surface area contributed by atoms with Crippen LogP contribution in [0.2, 0.25) is 5.02 Å². The quantitative estimate of drug-likeness (QED) is 0.912. The van der Waals surface area contributed by atoms with Crippen molar-refractivity contribution in [2.24, 2.45) is 0 Å².